The molecule has 2 aromatic carbocycles. The minimum atomic E-state index is -0.307. The van der Waals surface area contributed by atoms with Crippen LogP contribution in [0.4, 0.5) is 5.69 Å². The van der Waals surface area contributed by atoms with E-state index in [1.807, 2.05) is 13.8 Å². The molecule has 2 rings (SSSR count). The molecule has 5 nitrogen and oxygen atoms in total. The second kappa shape index (κ2) is 8.36. The summed E-state index contributed by atoms with van der Waals surface area (Å²) in [7, 11) is 0. The van der Waals surface area contributed by atoms with E-state index < -0.39 is 0 Å². The van der Waals surface area contributed by atoms with Gasteiger partial charge in [-0.2, -0.15) is 0 Å². The van der Waals surface area contributed by atoms with Crippen molar-refractivity contribution in [2.24, 2.45) is 0 Å². The van der Waals surface area contributed by atoms with Gasteiger partial charge in [0.2, 0.25) is 0 Å². The molecule has 0 fully saturated rings. The van der Waals surface area contributed by atoms with E-state index in [0.29, 0.717) is 34.4 Å². The van der Waals surface area contributed by atoms with Crippen LogP contribution in [0.15, 0.2) is 36.4 Å². The van der Waals surface area contributed by atoms with Gasteiger partial charge in [-0.25, -0.2) is 0 Å². The number of hydrogen-bond acceptors (Lipinski definition) is 4. The minimum absolute atomic E-state index is 0.178. The van der Waals surface area contributed by atoms with E-state index in [2.05, 4.69) is 5.32 Å². The molecule has 1 N–H and O–H groups in total. The van der Waals surface area contributed by atoms with Gasteiger partial charge in [-0.15, -0.1) is 0 Å². The molecule has 2 aromatic rings. The van der Waals surface area contributed by atoms with Crippen molar-refractivity contribution >= 4 is 29.5 Å². The molecule has 0 aliphatic carbocycles. The zero-order valence-electron chi connectivity index (χ0n) is 13.5. The number of anilines is 1. The van der Waals surface area contributed by atoms with Crippen molar-refractivity contribution in [1.29, 1.82) is 0 Å². The van der Waals surface area contributed by atoms with Crippen LogP contribution in [0.3, 0.4) is 0 Å². The molecule has 1 amide bonds. The molecule has 0 aliphatic heterocycles. The zero-order chi connectivity index (χ0) is 17.5. The molecular weight excluding hydrogens is 330 g/mol. The maximum absolute atomic E-state index is 12.0. The second-order valence-corrected chi connectivity index (χ2v) is 5.47. The Labute approximate surface area is 145 Å². The van der Waals surface area contributed by atoms with Crippen molar-refractivity contribution in [3.8, 4) is 11.5 Å². The highest BCUT2D eigenvalue weighted by molar-refractivity contribution is 6.31. The molecule has 0 radical (unpaired) electrons. The van der Waals surface area contributed by atoms with E-state index in [9.17, 15) is 9.59 Å². The highest BCUT2D eigenvalue weighted by Gasteiger charge is 2.10. The number of aldehydes is 1. The van der Waals surface area contributed by atoms with Crippen LogP contribution in [-0.2, 0) is 4.79 Å². The second-order valence-electron chi connectivity index (χ2n) is 5.06. The molecule has 0 aliphatic rings. The van der Waals surface area contributed by atoms with Crippen LogP contribution >= 0.6 is 11.6 Å². The molecular formula is C18H18ClNO4. The highest BCUT2D eigenvalue weighted by Crippen LogP contribution is 2.28. The molecule has 0 bridgehead atoms. The number of ether oxygens (including phenoxy) is 2. The normalized spacial score (nSPS) is 10.1. The number of carbonyl (C=O) groups is 2. The largest absolute Gasteiger partial charge is 0.490 e. The Balaban J connectivity index is 2.00. The average molecular weight is 348 g/mol. The van der Waals surface area contributed by atoms with Crippen molar-refractivity contribution in [1.82, 2.24) is 0 Å². The summed E-state index contributed by atoms with van der Waals surface area (Å²) in [5, 5.41) is 3.37. The fraction of sp³-hybridized carbons (Fsp3) is 0.222. The number of aryl methyl sites for hydroxylation is 1. The van der Waals surface area contributed by atoms with Gasteiger partial charge >= 0.3 is 0 Å². The highest BCUT2D eigenvalue weighted by atomic mass is 35.5. The first-order valence-corrected chi connectivity index (χ1v) is 7.82. The molecule has 126 valence electrons. The first-order chi connectivity index (χ1) is 11.5. The lowest BCUT2D eigenvalue weighted by Crippen LogP contribution is -2.20. The predicted octanol–water partition coefficient (Wildman–Crippen LogP) is 3.88. The topological polar surface area (TPSA) is 64.6 Å². The van der Waals surface area contributed by atoms with Gasteiger partial charge in [0.05, 0.1) is 6.61 Å². The minimum Gasteiger partial charge on any atom is -0.490 e. The predicted molar refractivity (Wildman–Crippen MR) is 93.3 cm³/mol. The molecule has 24 heavy (non-hydrogen) atoms. The van der Waals surface area contributed by atoms with Crippen molar-refractivity contribution in [3.05, 3.63) is 52.5 Å². The van der Waals surface area contributed by atoms with Crippen LogP contribution in [0.1, 0.15) is 22.8 Å². The lowest BCUT2D eigenvalue weighted by atomic mass is 10.2. The Bertz CT molecular complexity index is 746. The Kier molecular flexibility index (Phi) is 6.21. The number of rotatable bonds is 7. The summed E-state index contributed by atoms with van der Waals surface area (Å²) in [6.07, 6.45) is 0.724. The van der Waals surface area contributed by atoms with Gasteiger partial charge in [-0.3, -0.25) is 9.59 Å². The summed E-state index contributed by atoms with van der Waals surface area (Å²) < 4.78 is 10.9. The standard InChI is InChI=1S/C18H18ClNO4/c1-3-23-17-9-13(10-21)4-7-16(17)24-11-18(22)20-14-5-6-15(19)12(2)8-14/h4-10H,3,11H2,1-2H3,(H,20,22). The summed E-state index contributed by atoms with van der Waals surface area (Å²) in [6.45, 7) is 3.93. The maximum Gasteiger partial charge on any atom is 0.262 e. The monoisotopic (exact) mass is 347 g/mol. The quantitative estimate of drug-likeness (QED) is 0.772. The molecule has 0 spiro atoms. The lowest BCUT2D eigenvalue weighted by molar-refractivity contribution is -0.118. The van der Waals surface area contributed by atoms with Crippen LogP contribution in [0.25, 0.3) is 0 Å². The SMILES string of the molecule is CCOc1cc(C=O)ccc1OCC(=O)Nc1ccc(Cl)c(C)c1. The van der Waals surface area contributed by atoms with Crippen LogP contribution < -0.4 is 14.8 Å². The third kappa shape index (κ3) is 4.73. The third-order valence-corrected chi connectivity index (χ3v) is 3.63. The summed E-state index contributed by atoms with van der Waals surface area (Å²) in [5.41, 5.74) is 2.00. The summed E-state index contributed by atoms with van der Waals surface area (Å²) >= 11 is 5.95. The van der Waals surface area contributed by atoms with Crippen molar-refractivity contribution < 1.29 is 19.1 Å². The van der Waals surface area contributed by atoms with E-state index in [1.54, 1.807) is 36.4 Å². The third-order valence-electron chi connectivity index (χ3n) is 3.20. The number of carbonyl (C=O) groups excluding carboxylic acids is 2. The van der Waals surface area contributed by atoms with E-state index >= 15 is 0 Å². The van der Waals surface area contributed by atoms with E-state index in [1.165, 1.54) is 0 Å². The number of amides is 1. The zero-order valence-corrected chi connectivity index (χ0v) is 14.2. The molecule has 0 saturated heterocycles. The van der Waals surface area contributed by atoms with Gasteiger partial charge in [-0.1, -0.05) is 11.6 Å². The molecule has 0 aromatic heterocycles. The van der Waals surface area contributed by atoms with Crippen molar-refractivity contribution in [3.63, 3.8) is 0 Å². The molecule has 0 unspecified atom stereocenters. The van der Waals surface area contributed by atoms with Crippen LogP contribution in [0, 0.1) is 6.92 Å². The fourth-order valence-corrected chi connectivity index (χ4v) is 2.17. The summed E-state index contributed by atoms with van der Waals surface area (Å²) in [5.74, 6) is 0.528. The van der Waals surface area contributed by atoms with Gasteiger partial charge in [0.1, 0.15) is 6.29 Å². The van der Waals surface area contributed by atoms with E-state index in [4.69, 9.17) is 21.1 Å². The van der Waals surface area contributed by atoms with Gasteiger partial charge in [0.15, 0.2) is 18.1 Å². The Morgan fingerprint density at radius 3 is 2.62 bits per heavy atom. The Morgan fingerprint density at radius 1 is 1.17 bits per heavy atom. The average Bonchev–Trinajstić information content (AvgIpc) is 2.57. The number of halogens is 1. The van der Waals surface area contributed by atoms with E-state index in [0.717, 1.165) is 11.8 Å². The van der Waals surface area contributed by atoms with Crippen LogP contribution in [-0.4, -0.2) is 25.4 Å². The molecule has 0 atom stereocenters. The van der Waals surface area contributed by atoms with Gasteiger partial charge in [0, 0.05) is 16.3 Å². The first kappa shape index (κ1) is 17.8. The Hall–Kier alpha value is -2.53. The maximum atomic E-state index is 12.0. The smallest absolute Gasteiger partial charge is 0.262 e. The number of hydrogen-bond donors (Lipinski definition) is 1. The van der Waals surface area contributed by atoms with Gasteiger partial charge in [0.25, 0.3) is 5.91 Å². The first-order valence-electron chi connectivity index (χ1n) is 7.44. The fourth-order valence-electron chi connectivity index (χ4n) is 2.05. The molecule has 6 heteroatoms. The van der Waals surface area contributed by atoms with Crippen LogP contribution in [0.5, 0.6) is 11.5 Å². The van der Waals surface area contributed by atoms with E-state index in [-0.39, 0.29) is 12.5 Å². The summed E-state index contributed by atoms with van der Waals surface area (Å²) in [4.78, 5) is 22.8. The van der Waals surface area contributed by atoms with Crippen molar-refractivity contribution in [2.75, 3.05) is 18.5 Å². The number of benzene rings is 2. The van der Waals surface area contributed by atoms with Gasteiger partial charge < -0.3 is 14.8 Å². The Morgan fingerprint density at radius 2 is 1.96 bits per heavy atom. The summed E-state index contributed by atoms with van der Waals surface area (Å²) in [6, 6.07) is 10.0. The lowest BCUT2D eigenvalue weighted by Gasteiger charge is -2.12. The molecule has 0 heterocycles. The van der Waals surface area contributed by atoms with Crippen molar-refractivity contribution in [2.45, 2.75) is 13.8 Å². The van der Waals surface area contributed by atoms with Crippen LogP contribution in [0.2, 0.25) is 5.02 Å². The van der Waals surface area contributed by atoms with Gasteiger partial charge in [-0.05, 0) is 55.8 Å². The molecule has 0 saturated carbocycles. The number of nitrogens with one attached hydrogen (secondary N) is 1.